The summed E-state index contributed by atoms with van der Waals surface area (Å²) in [7, 11) is 0. The van der Waals surface area contributed by atoms with Crippen molar-refractivity contribution >= 4 is 21.4 Å². The minimum absolute atomic E-state index is 0.662. The van der Waals surface area contributed by atoms with Crippen LogP contribution >= 0.6 is 11.3 Å². The molecule has 0 aliphatic rings. The molecule has 1 unspecified atom stereocenters. The summed E-state index contributed by atoms with van der Waals surface area (Å²) in [5, 5.41) is 7.13. The molecule has 1 heterocycles. The molecule has 1 aromatic heterocycles. The quantitative estimate of drug-likeness (QED) is 0.806. The molecule has 0 radical (unpaired) electrons. The molecule has 0 saturated heterocycles. The predicted octanol–water partition coefficient (Wildman–Crippen LogP) is 4.22. The van der Waals surface area contributed by atoms with Crippen molar-refractivity contribution in [2.24, 2.45) is 0 Å². The number of aryl methyl sites for hydroxylation is 1. The molecule has 2 heteroatoms. The van der Waals surface area contributed by atoms with Crippen molar-refractivity contribution in [1.82, 2.24) is 5.32 Å². The Kier molecular flexibility index (Phi) is 4.57. The van der Waals surface area contributed by atoms with Crippen molar-refractivity contribution in [2.75, 3.05) is 6.54 Å². The highest BCUT2D eigenvalue weighted by Gasteiger charge is 2.07. The van der Waals surface area contributed by atoms with E-state index >= 15 is 0 Å². The maximum atomic E-state index is 3.55. The van der Waals surface area contributed by atoms with E-state index in [4.69, 9.17) is 0 Å². The Morgan fingerprint density at radius 2 is 2.12 bits per heavy atom. The summed E-state index contributed by atoms with van der Waals surface area (Å²) >= 11 is 1.87. The van der Waals surface area contributed by atoms with Crippen molar-refractivity contribution in [1.29, 1.82) is 0 Å². The van der Waals surface area contributed by atoms with Gasteiger partial charge in [0.1, 0.15) is 0 Å². The normalized spacial score (nSPS) is 13.1. The van der Waals surface area contributed by atoms with Gasteiger partial charge in [0.15, 0.2) is 0 Å². The van der Waals surface area contributed by atoms with E-state index in [2.05, 4.69) is 48.8 Å². The van der Waals surface area contributed by atoms with Crippen LogP contribution in [0.15, 0.2) is 29.6 Å². The van der Waals surface area contributed by atoms with Gasteiger partial charge < -0.3 is 5.32 Å². The first-order chi connectivity index (χ1) is 8.35. The summed E-state index contributed by atoms with van der Waals surface area (Å²) in [5.74, 6) is 0. The fraction of sp³-hybridized carbons (Fsp3) is 0.467. The molecule has 0 aliphatic heterocycles. The van der Waals surface area contributed by atoms with E-state index in [-0.39, 0.29) is 0 Å². The van der Waals surface area contributed by atoms with Crippen LogP contribution in [0.5, 0.6) is 0 Å². The van der Waals surface area contributed by atoms with Crippen molar-refractivity contribution in [2.45, 2.75) is 39.2 Å². The van der Waals surface area contributed by atoms with Gasteiger partial charge in [0.25, 0.3) is 0 Å². The van der Waals surface area contributed by atoms with Crippen molar-refractivity contribution in [3.8, 4) is 0 Å². The van der Waals surface area contributed by atoms with Gasteiger partial charge in [-0.15, -0.1) is 11.3 Å². The highest BCUT2D eigenvalue weighted by molar-refractivity contribution is 7.17. The van der Waals surface area contributed by atoms with Crippen LogP contribution in [0.2, 0.25) is 0 Å². The van der Waals surface area contributed by atoms with Gasteiger partial charge in [0.05, 0.1) is 0 Å². The van der Waals surface area contributed by atoms with Crippen LogP contribution in [0, 0.1) is 0 Å². The third kappa shape index (κ3) is 3.08. The molecular formula is C15H21NS. The molecule has 92 valence electrons. The van der Waals surface area contributed by atoms with E-state index in [0.29, 0.717) is 6.04 Å². The Balaban J connectivity index is 2.05. The maximum absolute atomic E-state index is 3.55. The van der Waals surface area contributed by atoms with Gasteiger partial charge in [-0.05, 0) is 48.2 Å². The molecule has 0 saturated carbocycles. The number of nitrogens with one attached hydrogen (secondary N) is 1. The second-order valence-corrected chi connectivity index (χ2v) is 5.37. The molecule has 1 nitrogen and oxygen atoms in total. The van der Waals surface area contributed by atoms with Crippen molar-refractivity contribution < 1.29 is 0 Å². The van der Waals surface area contributed by atoms with E-state index in [1.807, 2.05) is 11.3 Å². The summed E-state index contributed by atoms with van der Waals surface area (Å²) in [6.07, 6.45) is 3.64. The predicted molar refractivity (Wildman–Crippen MR) is 77.9 cm³/mol. The first-order valence-electron chi connectivity index (χ1n) is 6.53. The Morgan fingerprint density at radius 1 is 1.24 bits per heavy atom. The highest BCUT2D eigenvalue weighted by Crippen LogP contribution is 2.25. The minimum atomic E-state index is 0.662. The molecule has 1 N–H and O–H groups in total. The van der Waals surface area contributed by atoms with Crippen molar-refractivity contribution in [3.05, 3.63) is 35.2 Å². The van der Waals surface area contributed by atoms with Crippen LogP contribution in [0.1, 0.15) is 32.3 Å². The summed E-state index contributed by atoms with van der Waals surface area (Å²) in [5.41, 5.74) is 1.51. The molecule has 0 bridgehead atoms. The highest BCUT2D eigenvalue weighted by atomic mass is 32.1. The number of fused-ring (bicyclic) bond motifs is 1. The average molecular weight is 247 g/mol. The minimum Gasteiger partial charge on any atom is -0.314 e. The second-order valence-electron chi connectivity index (χ2n) is 4.46. The van der Waals surface area contributed by atoms with E-state index in [1.165, 1.54) is 34.9 Å². The first-order valence-corrected chi connectivity index (χ1v) is 7.41. The van der Waals surface area contributed by atoms with Gasteiger partial charge in [-0.1, -0.05) is 32.0 Å². The Morgan fingerprint density at radius 3 is 2.88 bits per heavy atom. The zero-order valence-corrected chi connectivity index (χ0v) is 11.5. The van der Waals surface area contributed by atoms with Crippen LogP contribution in [0.4, 0.5) is 0 Å². The Labute approximate surface area is 108 Å². The lowest BCUT2D eigenvalue weighted by Crippen LogP contribution is -2.28. The summed E-state index contributed by atoms with van der Waals surface area (Å²) < 4.78 is 1.47. The second kappa shape index (κ2) is 6.18. The van der Waals surface area contributed by atoms with Gasteiger partial charge in [0.2, 0.25) is 0 Å². The third-order valence-electron chi connectivity index (χ3n) is 3.31. The van der Waals surface area contributed by atoms with Crippen LogP contribution in [0.25, 0.3) is 10.1 Å². The molecule has 0 spiro atoms. The van der Waals surface area contributed by atoms with Crippen molar-refractivity contribution in [3.63, 3.8) is 0 Å². The molecule has 2 rings (SSSR count). The SMILES string of the molecule is CCNC(CC)CCc1cccc2ccsc12. The standard InChI is InChI=1S/C15H21NS/c1-3-14(16-4-2)9-8-12-6-5-7-13-10-11-17-15(12)13/h5-7,10-11,14,16H,3-4,8-9H2,1-2H3. The number of hydrogen-bond acceptors (Lipinski definition) is 2. The van der Waals surface area contributed by atoms with Crippen LogP contribution in [-0.2, 0) is 6.42 Å². The number of benzene rings is 1. The third-order valence-corrected chi connectivity index (χ3v) is 4.31. The topological polar surface area (TPSA) is 12.0 Å². The van der Waals surface area contributed by atoms with Crippen LogP contribution in [0.3, 0.4) is 0 Å². The Hall–Kier alpha value is -0.860. The Bertz CT molecular complexity index is 461. The molecule has 1 atom stereocenters. The smallest absolute Gasteiger partial charge is 0.0374 e. The van der Waals surface area contributed by atoms with Gasteiger partial charge >= 0.3 is 0 Å². The lowest BCUT2D eigenvalue weighted by Gasteiger charge is -2.15. The number of rotatable bonds is 6. The number of thiophene rings is 1. The zero-order chi connectivity index (χ0) is 12.1. The first kappa shape index (κ1) is 12.6. The van der Waals surface area contributed by atoms with E-state index < -0.39 is 0 Å². The molecule has 0 fully saturated rings. The van der Waals surface area contributed by atoms with Crippen LogP contribution in [-0.4, -0.2) is 12.6 Å². The van der Waals surface area contributed by atoms with E-state index in [1.54, 1.807) is 0 Å². The molecule has 0 amide bonds. The summed E-state index contributed by atoms with van der Waals surface area (Å²) in [6.45, 7) is 5.52. The van der Waals surface area contributed by atoms with Gasteiger partial charge in [-0.25, -0.2) is 0 Å². The lowest BCUT2D eigenvalue weighted by molar-refractivity contribution is 0.481. The molecule has 0 aliphatic carbocycles. The molecular weight excluding hydrogens is 226 g/mol. The lowest BCUT2D eigenvalue weighted by atomic mass is 10.0. The van der Waals surface area contributed by atoms with E-state index in [0.717, 1.165) is 6.54 Å². The summed E-state index contributed by atoms with van der Waals surface area (Å²) in [6, 6.07) is 9.54. The van der Waals surface area contributed by atoms with Gasteiger partial charge in [0, 0.05) is 10.7 Å². The van der Waals surface area contributed by atoms with Gasteiger partial charge in [-0.2, -0.15) is 0 Å². The molecule has 1 aromatic carbocycles. The largest absolute Gasteiger partial charge is 0.314 e. The molecule has 2 aromatic rings. The molecule has 17 heavy (non-hydrogen) atoms. The average Bonchev–Trinajstić information content (AvgIpc) is 2.83. The van der Waals surface area contributed by atoms with E-state index in [9.17, 15) is 0 Å². The monoisotopic (exact) mass is 247 g/mol. The summed E-state index contributed by atoms with van der Waals surface area (Å²) in [4.78, 5) is 0. The maximum Gasteiger partial charge on any atom is 0.0374 e. The fourth-order valence-corrected chi connectivity index (χ4v) is 3.27. The number of hydrogen-bond donors (Lipinski definition) is 1. The fourth-order valence-electron chi connectivity index (χ4n) is 2.32. The van der Waals surface area contributed by atoms with Crippen LogP contribution < -0.4 is 5.32 Å². The zero-order valence-electron chi connectivity index (χ0n) is 10.7. The van der Waals surface area contributed by atoms with Gasteiger partial charge in [-0.3, -0.25) is 0 Å².